The average molecular weight is 210 g/mol. The lowest BCUT2D eigenvalue weighted by Gasteiger charge is -2.22. The molecule has 1 aliphatic heterocycles. The molecule has 3 atom stereocenters. The third-order valence-electron chi connectivity index (χ3n) is 2.89. The van der Waals surface area contributed by atoms with E-state index in [4.69, 9.17) is 5.26 Å². The van der Waals surface area contributed by atoms with E-state index in [1.807, 2.05) is 6.07 Å². The Labute approximate surface area is 87.3 Å². The molecule has 0 radical (unpaired) electrons. The highest BCUT2D eigenvalue weighted by molar-refractivity contribution is 5.38. The van der Waals surface area contributed by atoms with Crippen molar-refractivity contribution < 1.29 is 8.78 Å². The lowest BCUT2D eigenvalue weighted by atomic mass is 9.88. The van der Waals surface area contributed by atoms with Crippen LogP contribution in [0.15, 0.2) is 23.6 Å². The minimum atomic E-state index is -0.845. The van der Waals surface area contributed by atoms with E-state index in [0.29, 0.717) is 18.5 Å². The van der Waals surface area contributed by atoms with Crippen LogP contribution in [0.1, 0.15) is 12.8 Å². The fraction of sp³-hybridized carbons (Fsp3) is 0.545. The zero-order valence-corrected chi connectivity index (χ0v) is 8.21. The molecule has 0 aromatic carbocycles. The summed E-state index contributed by atoms with van der Waals surface area (Å²) in [6.07, 6.45) is 2.82. The van der Waals surface area contributed by atoms with Gasteiger partial charge in [0.15, 0.2) is 0 Å². The summed E-state index contributed by atoms with van der Waals surface area (Å²) in [6.45, 7) is 0.336. The van der Waals surface area contributed by atoms with Crippen LogP contribution in [0.25, 0.3) is 0 Å². The third-order valence-corrected chi connectivity index (χ3v) is 2.89. The van der Waals surface area contributed by atoms with Crippen molar-refractivity contribution in [1.82, 2.24) is 5.32 Å². The molecule has 0 bridgehead atoms. The Morgan fingerprint density at radius 2 is 2.33 bits per heavy atom. The van der Waals surface area contributed by atoms with Crippen LogP contribution in [0.2, 0.25) is 0 Å². The highest BCUT2D eigenvalue weighted by Crippen LogP contribution is 2.29. The minimum absolute atomic E-state index is 0.0391. The molecular formula is C11H12F2N2. The van der Waals surface area contributed by atoms with Crippen molar-refractivity contribution in [1.29, 1.82) is 5.26 Å². The molecule has 1 N–H and O–H groups in total. The lowest BCUT2D eigenvalue weighted by molar-refractivity contribution is 0.341. The molecule has 0 aromatic heterocycles. The van der Waals surface area contributed by atoms with E-state index in [2.05, 4.69) is 5.32 Å². The van der Waals surface area contributed by atoms with Crippen molar-refractivity contribution >= 4 is 0 Å². The van der Waals surface area contributed by atoms with Crippen molar-refractivity contribution in [2.45, 2.75) is 25.1 Å². The summed E-state index contributed by atoms with van der Waals surface area (Å²) in [6, 6.07) is 1.88. The fourth-order valence-corrected chi connectivity index (χ4v) is 2.17. The quantitative estimate of drug-likeness (QED) is 0.718. The van der Waals surface area contributed by atoms with E-state index in [1.165, 1.54) is 6.08 Å². The van der Waals surface area contributed by atoms with E-state index in [9.17, 15) is 8.78 Å². The molecule has 2 rings (SSSR count). The predicted octanol–water partition coefficient (Wildman–Crippen LogP) is 2.01. The summed E-state index contributed by atoms with van der Waals surface area (Å²) in [5, 5.41) is 11.7. The summed E-state index contributed by atoms with van der Waals surface area (Å²) < 4.78 is 26.1. The Balaban J connectivity index is 2.09. The predicted molar refractivity (Wildman–Crippen MR) is 52.3 cm³/mol. The van der Waals surface area contributed by atoms with Gasteiger partial charge in [-0.3, -0.25) is 0 Å². The van der Waals surface area contributed by atoms with Gasteiger partial charge in [-0.05, 0) is 12.5 Å². The van der Waals surface area contributed by atoms with Gasteiger partial charge in [-0.1, -0.05) is 6.08 Å². The maximum atomic E-state index is 13.2. The van der Waals surface area contributed by atoms with Crippen LogP contribution in [-0.4, -0.2) is 18.8 Å². The molecule has 80 valence electrons. The SMILES string of the molecule is N#CC1=CC([C@H]2C[C@H](F)CN2)CC(F)=C1. The molecular weight excluding hydrogens is 198 g/mol. The summed E-state index contributed by atoms with van der Waals surface area (Å²) in [4.78, 5) is 0. The van der Waals surface area contributed by atoms with Crippen molar-refractivity contribution in [2.75, 3.05) is 6.54 Å². The fourth-order valence-electron chi connectivity index (χ4n) is 2.17. The van der Waals surface area contributed by atoms with Crippen molar-refractivity contribution in [3.8, 4) is 6.07 Å². The van der Waals surface area contributed by atoms with Gasteiger partial charge >= 0.3 is 0 Å². The molecule has 0 aromatic rings. The maximum absolute atomic E-state index is 13.2. The first-order valence-corrected chi connectivity index (χ1v) is 5.04. The van der Waals surface area contributed by atoms with Crippen LogP contribution < -0.4 is 5.32 Å². The molecule has 1 unspecified atom stereocenters. The number of nitriles is 1. The van der Waals surface area contributed by atoms with E-state index < -0.39 is 6.17 Å². The second-order valence-corrected chi connectivity index (χ2v) is 4.04. The number of hydrogen-bond donors (Lipinski definition) is 1. The molecule has 1 saturated heterocycles. The Morgan fingerprint density at radius 3 is 2.93 bits per heavy atom. The molecule has 0 spiro atoms. The number of halogens is 2. The van der Waals surface area contributed by atoms with Gasteiger partial charge in [-0.25, -0.2) is 8.78 Å². The molecule has 4 heteroatoms. The first-order valence-electron chi connectivity index (χ1n) is 5.04. The van der Waals surface area contributed by atoms with E-state index in [1.54, 1.807) is 6.08 Å². The number of nitrogens with one attached hydrogen (secondary N) is 1. The average Bonchev–Trinajstić information content (AvgIpc) is 2.64. The van der Waals surface area contributed by atoms with Crippen LogP contribution in [0.4, 0.5) is 8.78 Å². The van der Waals surface area contributed by atoms with Crippen molar-refractivity contribution in [3.05, 3.63) is 23.6 Å². The summed E-state index contributed by atoms with van der Waals surface area (Å²) in [5.74, 6) is -0.381. The van der Waals surface area contributed by atoms with Crippen LogP contribution in [0.3, 0.4) is 0 Å². The summed E-state index contributed by atoms with van der Waals surface area (Å²) in [7, 11) is 0. The Morgan fingerprint density at radius 1 is 1.53 bits per heavy atom. The Kier molecular flexibility index (Phi) is 2.83. The normalized spacial score (nSPS) is 35.7. The monoisotopic (exact) mass is 210 g/mol. The zero-order chi connectivity index (χ0) is 10.8. The highest BCUT2D eigenvalue weighted by Gasteiger charge is 2.31. The van der Waals surface area contributed by atoms with Crippen LogP contribution in [0, 0.1) is 17.2 Å². The standard InChI is InChI=1S/C11H12F2N2/c12-9-2-7(5-14)1-8(3-9)11-4-10(13)6-15-11/h1-2,8,10-11,15H,3-4,6H2/t8?,10-,11+/m0/s1. The van der Waals surface area contributed by atoms with Crippen molar-refractivity contribution in [2.24, 2.45) is 5.92 Å². The maximum Gasteiger partial charge on any atom is 0.114 e. The number of nitrogens with zero attached hydrogens (tertiary/aromatic N) is 1. The molecule has 0 amide bonds. The highest BCUT2D eigenvalue weighted by atomic mass is 19.1. The lowest BCUT2D eigenvalue weighted by Crippen LogP contribution is -2.30. The first-order chi connectivity index (χ1) is 7.19. The minimum Gasteiger partial charge on any atom is -0.310 e. The van der Waals surface area contributed by atoms with Gasteiger partial charge in [-0.2, -0.15) is 5.26 Å². The number of alkyl halides is 1. The number of allylic oxidation sites excluding steroid dienone is 3. The van der Waals surface area contributed by atoms with Gasteiger partial charge in [0.05, 0.1) is 11.6 Å². The molecule has 1 heterocycles. The summed E-state index contributed by atoms with van der Waals surface area (Å²) in [5.41, 5.74) is 0.341. The largest absolute Gasteiger partial charge is 0.310 e. The topological polar surface area (TPSA) is 35.8 Å². The smallest absolute Gasteiger partial charge is 0.114 e. The summed E-state index contributed by atoms with van der Waals surface area (Å²) >= 11 is 0. The van der Waals surface area contributed by atoms with Gasteiger partial charge < -0.3 is 5.32 Å². The third kappa shape index (κ3) is 2.24. The molecule has 2 nitrogen and oxygen atoms in total. The van der Waals surface area contributed by atoms with E-state index >= 15 is 0 Å². The van der Waals surface area contributed by atoms with Gasteiger partial charge in [0, 0.05) is 24.9 Å². The van der Waals surface area contributed by atoms with E-state index in [-0.39, 0.29) is 24.2 Å². The second-order valence-electron chi connectivity index (χ2n) is 4.04. The molecule has 2 aliphatic rings. The number of rotatable bonds is 1. The molecule has 1 aliphatic carbocycles. The van der Waals surface area contributed by atoms with Crippen LogP contribution in [0.5, 0.6) is 0 Å². The molecule has 1 fully saturated rings. The van der Waals surface area contributed by atoms with E-state index in [0.717, 1.165) is 0 Å². The molecule has 0 saturated carbocycles. The zero-order valence-electron chi connectivity index (χ0n) is 8.21. The van der Waals surface area contributed by atoms with Crippen molar-refractivity contribution in [3.63, 3.8) is 0 Å². The Hall–Kier alpha value is -1.21. The van der Waals surface area contributed by atoms with Gasteiger partial charge in [0.1, 0.15) is 12.0 Å². The number of hydrogen-bond acceptors (Lipinski definition) is 2. The Bertz CT molecular complexity index is 354. The molecule has 15 heavy (non-hydrogen) atoms. The van der Waals surface area contributed by atoms with Crippen LogP contribution >= 0.6 is 0 Å². The second kappa shape index (κ2) is 4.11. The first kappa shape index (κ1) is 10.3. The van der Waals surface area contributed by atoms with Gasteiger partial charge in [0.25, 0.3) is 0 Å². The van der Waals surface area contributed by atoms with Gasteiger partial charge in [0.2, 0.25) is 0 Å². The van der Waals surface area contributed by atoms with Gasteiger partial charge in [-0.15, -0.1) is 0 Å². The van der Waals surface area contributed by atoms with Crippen LogP contribution in [-0.2, 0) is 0 Å².